The van der Waals surface area contributed by atoms with Crippen LogP contribution < -0.4 is 11.3 Å². The second kappa shape index (κ2) is 6.37. The molecule has 5 nitrogen and oxygen atoms in total. The molecule has 1 fully saturated rings. The molecule has 1 heterocycles. The summed E-state index contributed by atoms with van der Waals surface area (Å²) in [7, 11) is 0. The molecule has 112 valence electrons. The van der Waals surface area contributed by atoms with Gasteiger partial charge < -0.3 is 0 Å². The summed E-state index contributed by atoms with van der Waals surface area (Å²) in [5.41, 5.74) is 4.40. The molecule has 3 unspecified atom stereocenters. The highest BCUT2D eigenvalue weighted by molar-refractivity contribution is 5.26. The fraction of sp³-hybridized carbons (Fsp3) is 0.500. The Balaban J connectivity index is 1.65. The summed E-state index contributed by atoms with van der Waals surface area (Å²) in [5, 5.41) is 4.29. The first-order valence-electron chi connectivity index (χ1n) is 7.71. The number of benzene rings is 1. The first-order chi connectivity index (χ1) is 10.3. The molecule has 5 heteroatoms. The van der Waals surface area contributed by atoms with Gasteiger partial charge in [0.15, 0.2) is 0 Å². The number of hydrazine groups is 1. The number of aromatic nitrogens is 3. The predicted molar refractivity (Wildman–Crippen MR) is 82.4 cm³/mol. The lowest BCUT2D eigenvalue weighted by molar-refractivity contribution is 0.439. The molecule has 1 aliphatic carbocycles. The Morgan fingerprint density at radius 1 is 1.38 bits per heavy atom. The van der Waals surface area contributed by atoms with Gasteiger partial charge >= 0.3 is 0 Å². The Hall–Kier alpha value is -1.72. The van der Waals surface area contributed by atoms with Crippen LogP contribution in [-0.2, 0) is 13.0 Å². The standard InChI is InChI=1S/C16H23N5/c1-2-8-21-16(18-11-19-21)10-15(20-17)14-9-13(14)12-6-4-3-5-7-12/h3-7,11,13-15,20H,2,8-10,17H2,1H3. The van der Waals surface area contributed by atoms with Crippen LogP contribution in [0.3, 0.4) is 0 Å². The highest BCUT2D eigenvalue weighted by Gasteiger charge is 2.43. The molecule has 1 aromatic heterocycles. The first-order valence-corrected chi connectivity index (χ1v) is 7.71. The fourth-order valence-corrected chi connectivity index (χ4v) is 3.12. The van der Waals surface area contributed by atoms with Gasteiger partial charge in [-0.3, -0.25) is 16.0 Å². The number of rotatable bonds is 7. The summed E-state index contributed by atoms with van der Waals surface area (Å²) in [6.45, 7) is 3.07. The summed E-state index contributed by atoms with van der Waals surface area (Å²) in [4.78, 5) is 4.39. The van der Waals surface area contributed by atoms with Crippen molar-refractivity contribution in [1.82, 2.24) is 20.2 Å². The fourth-order valence-electron chi connectivity index (χ4n) is 3.12. The van der Waals surface area contributed by atoms with Gasteiger partial charge in [0.05, 0.1) is 0 Å². The highest BCUT2D eigenvalue weighted by atomic mass is 15.3. The molecule has 3 N–H and O–H groups in total. The van der Waals surface area contributed by atoms with E-state index in [4.69, 9.17) is 5.84 Å². The van der Waals surface area contributed by atoms with Crippen molar-refractivity contribution in [2.45, 2.75) is 44.7 Å². The lowest BCUT2D eigenvalue weighted by Gasteiger charge is -2.16. The van der Waals surface area contributed by atoms with Gasteiger partial charge in [0.1, 0.15) is 12.2 Å². The third-order valence-electron chi connectivity index (χ3n) is 4.33. The van der Waals surface area contributed by atoms with Gasteiger partial charge in [-0.05, 0) is 30.2 Å². The zero-order chi connectivity index (χ0) is 14.7. The van der Waals surface area contributed by atoms with Crippen LogP contribution in [0.4, 0.5) is 0 Å². The molecule has 1 aromatic carbocycles. The summed E-state index contributed by atoms with van der Waals surface area (Å²) in [5.74, 6) is 8.02. The molecule has 3 rings (SSSR count). The Kier molecular flexibility index (Phi) is 4.31. The lowest BCUT2D eigenvalue weighted by atomic mass is 10.0. The molecule has 21 heavy (non-hydrogen) atoms. The molecule has 1 saturated carbocycles. The molecular weight excluding hydrogens is 262 g/mol. The second-order valence-corrected chi connectivity index (χ2v) is 5.79. The second-order valence-electron chi connectivity index (χ2n) is 5.79. The van der Waals surface area contributed by atoms with E-state index in [0.717, 1.165) is 25.2 Å². The third-order valence-corrected chi connectivity index (χ3v) is 4.33. The Bertz CT molecular complexity index is 565. The molecule has 0 aliphatic heterocycles. The van der Waals surface area contributed by atoms with E-state index in [9.17, 15) is 0 Å². The van der Waals surface area contributed by atoms with E-state index in [2.05, 4.69) is 52.8 Å². The van der Waals surface area contributed by atoms with Crippen molar-refractivity contribution in [2.24, 2.45) is 11.8 Å². The molecule has 3 atom stereocenters. The van der Waals surface area contributed by atoms with E-state index < -0.39 is 0 Å². The summed E-state index contributed by atoms with van der Waals surface area (Å²) in [6.07, 6.45) is 4.73. The van der Waals surface area contributed by atoms with Crippen LogP contribution in [0.25, 0.3) is 0 Å². The van der Waals surface area contributed by atoms with Crippen molar-refractivity contribution in [3.8, 4) is 0 Å². The monoisotopic (exact) mass is 285 g/mol. The molecule has 0 saturated heterocycles. The third kappa shape index (κ3) is 3.14. The van der Waals surface area contributed by atoms with E-state index in [1.165, 1.54) is 12.0 Å². The minimum atomic E-state index is 0.259. The molecule has 0 radical (unpaired) electrons. The average molecular weight is 285 g/mol. The Morgan fingerprint density at radius 2 is 2.19 bits per heavy atom. The van der Waals surface area contributed by atoms with Gasteiger partial charge in [-0.15, -0.1) is 0 Å². The Labute approximate surface area is 125 Å². The highest BCUT2D eigenvalue weighted by Crippen LogP contribution is 2.49. The maximum absolute atomic E-state index is 5.79. The van der Waals surface area contributed by atoms with Crippen LogP contribution in [-0.4, -0.2) is 20.8 Å². The minimum absolute atomic E-state index is 0.259. The average Bonchev–Trinajstić information content (AvgIpc) is 3.20. The lowest BCUT2D eigenvalue weighted by Crippen LogP contribution is -2.39. The molecule has 2 aromatic rings. The van der Waals surface area contributed by atoms with Gasteiger partial charge in [-0.25, -0.2) is 4.98 Å². The van der Waals surface area contributed by atoms with Crippen LogP contribution in [0.2, 0.25) is 0 Å². The van der Waals surface area contributed by atoms with Gasteiger partial charge in [-0.2, -0.15) is 5.10 Å². The number of hydrogen-bond acceptors (Lipinski definition) is 4. The van der Waals surface area contributed by atoms with Crippen molar-refractivity contribution in [1.29, 1.82) is 0 Å². The zero-order valence-corrected chi connectivity index (χ0v) is 12.4. The summed E-state index contributed by atoms with van der Waals surface area (Å²) >= 11 is 0. The van der Waals surface area contributed by atoms with Gasteiger partial charge in [0, 0.05) is 19.0 Å². The maximum atomic E-state index is 5.79. The van der Waals surface area contributed by atoms with Crippen molar-refractivity contribution in [3.05, 3.63) is 48.0 Å². The smallest absolute Gasteiger partial charge is 0.138 e. The van der Waals surface area contributed by atoms with Crippen molar-refractivity contribution in [2.75, 3.05) is 0 Å². The largest absolute Gasteiger partial charge is 0.271 e. The SMILES string of the molecule is CCCn1ncnc1CC(NN)C1CC1c1ccccc1. The molecule has 0 bridgehead atoms. The van der Waals surface area contributed by atoms with E-state index in [-0.39, 0.29) is 6.04 Å². The van der Waals surface area contributed by atoms with Crippen molar-refractivity contribution in [3.63, 3.8) is 0 Å². The number of nitrogens with zero attached hydrogens (tertiary/aromatic N) is 3. The molecule has 1 aliphatic rings. The first kappa shape index (κ1) is 14.2. The minimum Gasteiger partial charge on any atom is -0.271 e. The zero-order valence-electron chi connectivity index (χ0n) is 12.4. The van der Waals surface area contributed by atoms with Crippen LogP contribution in [0.1, 0.15) is 37.1 Å². The van der Waals surface area contributed by atoms with E-state index in [0.29, 0.717) is 11.8 Å². The quantitative estimate of drug-likeness (QED) is 0.602. The van der Waals surface area contributed by atoms with E-state index >= 15 is 0 Å². The van der Waals surface area contributed by atoms with Gasteiger partial charge in [0.2, 0.25) is 0 Å². The topological polar surface area (TPSA) is 68.8 Å². The Morgan fingerprint density at radius 3 is 2.90 bits per heavy atom. The van der Waals surface area contributed by atoms with E-state index in [1.807, 2.05) is 4.68 Å². The number of nitrogens with one attached hydrogen (secondary N) is 1. The summed E-state index contributed by atoms with van der Waals surface area (Å²) < 4.78 is 1.99. The van der Waals surface area contributed by atoms with Crippen molar-refractivity contribution < 1.29 is 0 Å². The predicted octanol–water partition coefficient (Wildman–Crippen LogP) is 1.87. The maximum Gasteiger partial charge on any atom is 0.138 e. The van der Waals surface area contributed by atoms with Crippen LogP contribution in [0, 0.1) is 5.92 Å². The molecular formula is C16H23N5. The van der Waals surface area contributed by atoms with E-state index in [1.54, 1.807) is 6.33 Å². The number of aryl methyl sites for hydroxylation is 1. The van der Waals surface area contributed by atoms with Crippen molar-refractivity contribution >= 4 is 0 Å². The summed E-state index contributed by atoms with van der Waals surface area (Å²) in [6, 6.07) is 10.9. The molecule has 0 spiro atoms. The van der Waals surface area contributed by atoms with Crippen LogP contribution in [0.15, 0.2) is 36.7 Å². The van der Waals surface area contributed by atoms with Crippen LogP contribution >= 0.6 is 0 Å². The van der Waals surface area contributed by atoms with Gasteiger partial charge in [0.25, 0.3) is 0 Å². The number of hydrogen-bond donors (Lipinski definition) is 2. The normalized spacial score (nSPS) is 22.2. The van der Waals surface area contributed by atoms with Gasteiger partial charge in [-0.1, -0.05) is 37.3 Å². The molecule has 0 amide bonds. The van der Waals surface area contributed by atoms with Crippen LogP contribution in [0.5, 0.6) is 0 Å². The number of nitrogens with two attached hydrogens (primary N) is 1.